The second kappa shape index (κ2) is 22.4. The second-order valence-electron chi connectivity index (χ2n) is 13.7. The van der Waals surface area contributed by atoms with E-state index in [1.807, 2.05) is 55.4 Å². The Morgan fingerprint density at radius 1 is 0.627 bits per heavy atom. The SMILES string of the molecule is CC.CC.CC.CC.Cc1c(CC2CCc3ccc(CC(C)C)cc32)c(=O)c1=O.Cc1c(CN2CCCc3ccc(CC(C)C)cc32)c(=O)c1=O. The fourth-order valence-electron chi connectivity index (χ4n) is 6.98. The third-order valence-electron chi connectivity index (χ3n) is 9.41. The molecule has 4 aromatic rings. The molecule has 0 amide bonds. The number of hydrogen-bond acceptors (Lipinski definition) is 5. The minimum absolute atomic E-state index is 0.251. The molecule has 1 unspecified atom stereocenters. The fraction of sp³-hybridized carbons (Fsp3) is 0.565. The van der Waals surface area contributed by atoms with Crippen LogP contribution in [0.4, 0.5) is 5.69 Å². The summed E-state index contributed by atoms with van der Waals surface area (Å²) in [4.78, 5) is 48.4. The number of hydrogen-bond donors (Lipinski definition) is 0. The third kappa shape index (κ3) is 11.4. The molecule has 5 heteroatoms. The quantitative estimate of drug-likeness (QED) is 0.171. The van der Waals surface area contributed by atoms with Gasteiger partial charge in [0.2, 0.25) is 21.7 Å². The van der Waals surface area contributed by atoms with E-state index >= 15 is 0 Å². The molecule has 6 rings (SSSR count). The molecule has 0 N–H and O–H groups in total. The lowest BCUT2D eigenvalue weighted by Crippen LogP contribution is -2.42. The number of benzene rings is 2. The van der Waals surface area contributed by atoms with Gasteiger partial charge in [-0.1, -0.05) is 113 Å². The summed E-state index contributed by atoms with van der Waals surface area (Å²) in [7, 11) is 0. The molecule has 1 heterocycles. The lowest BCUT2D eigenvalue weighted by atomic mass is 9.87. The third-order valence-corrected chi connectivity index (χ3v) is 9.41. The molecule has 0 fully saturated rings. The summed E-state index contributed by atoms with van der Waals surface area (Å²) >= 11 is 0. The van der Waals surface area contributed by atoms with Crippen LogP contribution >= 0.6 is 0 Å². The van der Waals surface area contributed by atoms with E-state index in [4.69, 9.17) is 0 Å². The van der Waals surface area contributed by atoms with Crippen LogP contribution in [0.1, 0.15) is 152 Å². The van der Waals surface area contributed by atoms with Crippen molar-refractivity contribution < 1.29 is 0 Å². The van der Waals surface area contributed by atoms with Gasteiger partial charge in [0, 0.05) is 41.0 Å². The smallest absolute Gasteiger partial charge is 0.231 e. The fourth-order valence-corrected chi connectivity index (χ4v) is 6.98. The Balaban J connectivity index is 0.000000427. The molecule has 0 saturated heterocycles. The van der Waals surface area contributed by atoms with Crippen LogP contribution in [-0.4, -0.2) is 6.54 Å². The first-order valence-corrected chi connectivity index (χ1v) is 20.0. The molecule has 51 heavy (non-hydrogen) atoms. The highest BCUT2D eigenvalue weighted by atomic mass is 16.2. The standard InChI is InChI=1S/C19H23NO2.C19H22O2.4C2H6/c1-12(2)9-14-6-7-15-5-4-8-20(17(15)10-14)11-16-13(3)18(21)19(16)22;1-11(2)8-13-4-5-14-6-7-15(17(14)9-13)10-16-12(3)18(20)19(16)21;4*1-2/h6-7,10,12H,4-5,8-9,11H2,1-3H3;4-5,9,11,15H,6-8,10H2,1-3H3;4*1-2H3. The number of rotatable bonds is 8. The van der Waals surface area contributed by atoms with Crippen molar-refractivity contribution in [1.29, 1.82) is 0 Å². The van der Waals surface area contributed by atoms with Gasteiger partial charge >= 0.3 is 0 Å². The Morgan fingerprint density at radius 2 is 1.12 bits per heavy atom. The summed E-state index contributed by atoms with van der Waals surface area (Å²) in [6, 6.07) is 13.5. The van der Waals surface area contributed by atoms with Gasteiger partial charge in [0.1, 0.15) is 0 Å². The Kier molecular flexibility index (Phi) is 19.9. The molecule has 1 aliphatic heterocycles. The lowest BCUT2D eigenvalue weighted by Gasteiger charge is -2.32. The van der Waals surface area contributed by atoms with E-state index in [-0.39, 0.29) is 21.7 Å². The van der Waals surface area contributed by atoms with Crippen molar-refractivity contribution in [3.63, 3.8) is 0 Å². The van der Waals surface area contributed by atoms with Gasteiger partial charge in [-0.25, -0.2) is 0 Å². The maximum atomic E-state index is 11.7. The van der Waals surface area contributed by atoms with Crippen LogP contribution in [0.25, 0.3) is 0 Å². The molecule has 0 spiro atoms. The number of fused-ring (bicyclic) bond motifs is 2. The zero-order valence-corrected chi connectivity index (χ0v) is 34.6. The summed E-state index contributed by atoms with van der Waals surface area (Å²) in [5.41, 5.74) is 9.84. The van der Waals surface area contributed by atoms with Crippen LogP contribution < -0.4 is 26.6 Å². The summed E-state index contributed by atoms with van der Waals surface area (Å²) in [5.74, 6) is 1.69. The number of anilines is 1. The van der Waals surface area contributed by atoms with Gasteiger partial charge < -0.3 is 4.90 Å². The van der Waals surface area contributed by atoms with E-state index in [2.05, 4.69) is 69.0 Å². The first-order chi connectivity index (χ1) is 24.4. The Hall–Kier alpha value is -3.60. The summed E-state index contributed by atoms with van der Waals surface area (Å²) < 4.78 is 0. The van der Waals surface area contributed by atoms with Crippen molar-refractivity contribution in [3.8, 4) is 0 Å². The average molecular weight is 700 g/mol. The van der Waals surface area contributed by atoms with Gasteiger partial charge in [0.15, 0.2) is 0 Å². The second-order valence-corrected chi connectivity index (χ2v) is 13.7. The molecular weight excluding hydrogens is 631 g/mol. The molecular formula is C46H69NO4. The van der Waals surface area contributed by atoms with Gasteiger partial charge in [0.05, 0.1) is 0 Å². The van der Waals surface area contributed by atoms with Crippen molar-refractivity contribution >= 4 is 5.69 Å². The van der Waals surface area contributed by atoms with Gasteiger partial charge in [-0.15, -0.1) is 0 Å². The van der Waals surface area contributed by atoms with E-state index in [9.17, 15) is 19.2 Å². The predicted molar refractivity (Wildman–Crippen MR) is 222 cm³/mol. The van der Waals surface area contributed by atoms with Gasteiger partial charge in [-0.05, 0) is 110 Å². The van der Waals surface area contributed by atoms with Gasteiger partial charge in [0.25, 0.3) is 0 Å². The zero-order valence-electron chi connectivity index (χ0n) is 34.6. The minimum atomic E-state index is -0.305. The molecule has 4 aromatic carbocycles. The molecule has 0 radical (unpaired) electrons. The van der Waals surface area contributed by atoms with Crippen LogP contribution in [0.2, 0.25) is 0 Å². The van der Waals surface area contributed by atoms with Crippen molar-refractivity contribution in [2.24, 2.45) is 11.8 Å². The monoisotopic (exact) mass is 700 g/mol. The molecule has 0 aromatic heterocycles. The van der Waals surface area contributed by atoms with E-state index in [1.165, 1.54) is 33.5 Å². The van der Waals surface area contributed by atoms with E-state index in [0.717, 1.165) is 57.1 Å². The molecule has 0 saturated carbocycles. The van der Waals surface area contributed by atoms with Crippen molar-refractivity contribution in [2.75, 3.05) is 11.4 Å². The lowest BCUT2D eigenvalue weighted by molar-refractivity contribution is 0.642. The Labute approximate surface area is 309 Å². The van der Waals surface area contributed by atoms with Crippen molar-refractivity contribution in [3.05, 3.63) is 127 Å². The summed E-state index contributed by atoms with van der Waals surface area (Å²) in [6.45, 7) is 30.0. The average Bonchev–Trinajstić information content (AvgIpc) is 3.56. The first kappa shape index (κ1) is 45.4. The van der Waals surface area contributed by atoms with Crippen LogP contribution in [0.5, 0.6) is 0 Å². The predicted octanol–water partition coefficient (Wildman–Crippen LogP) is 9.91. The molecule has 5 nitrogen and oxygen atoms in total. The van der Waals surface area contributed by atoms with Crippen LogP contribution in [0, 0.1) is 25.7 Å². The topological polar surface area (TPSA) is 71.5 Å². The van der Waals surface area contributed by atoms with Crippen LogP contribution in [-0.2, 0) is 38.6 Å². The zero-order chi connectivity index (χ0) is 39.0. The van der Waals surface area contributed by atoms with Crippen LogP contribution in [0.15, 0.2) is 55.6 Å². The van der Waals surface area contributed by atoms with Gasteiger partial charge in [-0.2, -0.15) is 0 Å². The van der Waals surface area contributed by atoms with E-state index in [1.54, 1.807) is 13.8 Å². The van der Waals surface area contributed by atoms with Crippen LogP contribution in [0.3, 0.4) is 0 Å². The highest BCUT2D eigenvalue weighted by Gasteiger charge is 2.27. The summed E-state index contributed by atoms with van der Waals surface area (Å²) in [5, 5.41) is 0. The van der Waals surface area contributed by atoms with E-state index in [0.29, 0.717) is 41.0 Å². The highest BCUT2D eigenvalue weighted by Crippen LogP contribution is 2.36. The van der Waals surface area contributed by atoms with Crippen molar-refractivity contribution in [1.82, 2.24) is 0 Å². The molecule has 2 aliphatic rings. The maximum Gasteiger partial charge on any atom is 0.231 e. The number of nitrogens with zero attached hydrogens (tertiary/aromatic N) is 1. The maximum absolute atomic E-state index is 11.7. The Bertz CT molecular complexity index is 1780. The van der Waals surface area contributed by atoms with Crippen molar-refractivity contribution in [2.45, 2.75) is 154 Å². The summed E-state index contributed by atoms with van der Waals surface area (Å²) in [6.07, 6.45) is 7.30. The number of aryl methyl sites for hydroxylation is 2. The Morgan fingerprint density at radius 3 is 1.63 bits per heavy atom. The van der Waals surface area contributed by atoms with Gasteiger partial charge in [-0.3, -0.25) is 19.2 Å². The highest BCUT2D eigenvalue weighted by molar-refractivity contribution is 5.58. The molecule has 0 bridgehead atoms. The van der Waals surface area contributed by atoms with E-state index < -0.39 is 0 Å². The normalized spacial score (nSPS) is 14.0. The first-order valence-electron chi connectivity index (χ1n) is 20.0. The molecule has 1 atom stereocenters. The largest absolute Gasteiger partial charge is 0.367 e. The molecule has 1 aliphatic carbocycles. The minimum Gasteiger partial charge on any atom is -0.367 e. The molecule has 282 valence electrons.